The number of hydrogen-bond acceptors (Lipinski definition) is 4. The number of rotatable bonds is 4. The van der Waals surface area contributed by atoms with Crippen LogP contribution in [0.2, 0.25) is 0 Å². The molecule has 1 aliphatic heterocycles. The lowest BCUT2D eigenvalue weighted by atomic mass is 10.2. The molecule has 2 aromatic rings. The van der Waals surface area contributed by atoms with E-state index in [1.807, 2.05) is 26.8 Å². The maximum absolute atomic E-state index is 12.7. The summed E-state index contributed by atoms with van der Waals surface area (Å²) in [6.45, 7) is 6.12. The molecule has 2 atom stereocenters. The van der Waals surface area contributed by atoms with E-state index < -0.39 is 20.9 Å². The number of para-hydroxylation sites is 1. The lowest BCUT2D eigenvalue weighted by Gasteiger charge is -2.27. The van der Waals surface area contributed by atoms with E-state index in [-0.39, 0.29) is 11.9 Å². The summed E-state index contributed by atoms with van der Waals surface area (Å²) < 4.78 is 36.1. The van der Waals surface area contributed by atoms with Crippen molar-refractivity contribution in [3.05, 3.63) is 59.7 Å². The average molecular weight is 382 g/mol. The summed E-state index contributed by atoms with van der Waals surface area (Å²) in [6.07, 6.45) is 0.845. The van der Waals surface area contributed by atoms with Crippen molar-refractivity contribution in [2.45, 2.75) is 33.8 Å². The first-order chi connectivity index (χ1) is 11.9. The molecule has 0 saturated heterocycles. The summed E-state index contributed by atoms with van der Waals surface area (Å²) in [4.78, 5) is 10.3. The van der Waals surface area contributed by atoms with Crippen molar-refractivity contribution in [1.29, 1.82) is 0 Å². The van der Waals surface area contributed by atoms with Gasteiger partial charge in [0.1, 0.15) is 11.7 Å². The van der Waals surface area contributed by atoms with Crippen molar-refractivity contribution in [2.24, 2.45) is 0 Å². The van der Waals surface area contributed by atoms with Gasteiger partial charge in [-0.3, -0.25) is 9.09 Å². The third-order valence-corrected chi connectivity index (χ3v) is 8.76. The van der Waals surface area contributed by atoms with Gasteiger partial charge in [0.2, 0.25) is 7.37 Å². The van der Waals surface area contributed by atoms with Crippen LogP contribution in [0, 0.1) is 0 Å². The predicted molar refractivity (Wildman–Crippen MR) is 101 cm³/mol. The fraction of sp³-hybridized carbons (Fsp3) is 0.333. The van der Waals surface area contributed by atoms with E-state index in [4.69, 9.17) is 9.05 Å². The molecular weight excluding hydrogens is 358 g/mol. The standard InChI is InChI=1S/C16H18O5P2.C2H6/c1-2-13-7-9-15(10-8-13)22(17,18)12-23(19)20-11-14-5-3-4-6-16(14)21-23;1-2/h3-10H,2,11-12H2,1H3,(H,17,18);1-2H3. The minimum absolute atomic E-state index is 0.113. The maximum Gasteiger partial charge on any atom is 0.389 e. The van der Waals surface area contributed by atoms with Gasteiger partial charge in [-0.05, 0) is 30.2 Å². The Bertz CT molecular complexity index is 801. The van der Waals surface area contributed by atoms with E-state index >= 15 is 0 Å². The van der Waals surface area contributed by atoms with Crippen LogP contribution in [0.25, 0.3) is 0 Å². The molecule has 0 amide bonds. The Morgan fingerprint density at radius 3 is 2.40 bits per heavy atom. The van der Waals surface area contributed by atoms with Crippen LogP contribution in [-0.2, 0) is 26.7 Å². The van der Waals surface area contributed by atoms with Crippen molar-refractivity contribution in [2.75, 3.05) is 5.90 Å². The quantitative estimate of drug-likeness (QED) is 0.759. The summed E-state index contributed by atoms with van der Waals surface area (Å²) >= 11 is 0. The second kappa shape index (κ2) is 8.33. The molecule has 1 N–H and O–H groups in total. The molecule has 1 heterocycles. The van der Waals surface area contributed by atoms with Crippen LogP contribution < -0.4 is 9.83 Å². The van der Waals surface area contributed by atoms with Gasteiger partial charge >= 0.3 is 7.60 Å². The molecule has 0 bridgehead atoms. The summed E-state index contributed by atoms with van der Waals surface area (Å²) in [5.74, 6) is -0.0804. The highest BCUT2D eigenvalue weighted by Gasteiger charge is 2.40. The van der Waals surface area contributed by atoms with E-state index in [9.17, 15) is 14.0 Å². The number of hydrogen-bond donors (Lipinski definition) is 1. The van der Waals surface area contributed by atoms with Crippen molar-refractivity contribution in [3.63, 3.8) is 0 Å². The number of aryl methyl sites for hydroxylation is 1. The zero-order valence-electron chi connectivity index (χ0n) is 14.7. The summed E-state index contributed by atoms with van der Waals surface area (Å²) in [7, 11) is -7.50. The van der Waals surface area contributed by atoms with Crippen molar-refractivity contribution in [1.82, 2.24) is 0 Å². The van der Waals surface area contributed by atoms with E-state index in [2.05, 4.69) is 0 Å². The molecule has 0 aromatic heterocycles. The molecule has 0 saturated carbocycles. The van der Waals surface area contributed by atoms with Crippen molar-refractivity contribution < 1.29 is 23.1 Å². The van der Waals surface area contributed by atoms with Crippen LogP contribution in [0.15, 0.2) is 48.5 Å². The highest BCUT2D eigenvalue weighted by molar-refractivity contribution is 7.78. The topological polar surface area (TPSA) is 72.8 Å². The second-order valence-corrected chi connectivity index (χ2v) is 10.2. The highest BCUT2D eigenvalue weighted by atomic mass is 31.2. The SMILES string of the molecule is CC.CCc1ccc(P(=O)(O)CP2(=O)OCc3ccccc3O2)cc1. The van der Waals surface area contributed by atoms with Crippen LogP contribution in [0.1, 0.15) is 31.9 Å². The number of benzene rings is 2. The lowest BCUT2D eigenvalue weighted by molar-refractivity contribution is 0.235. The first-order valence-electron chi connectivity index (χ1n) is 8.34. The molecule has 1 aliphatic rings. The van der Waals surface area contributed by atoms with Gasteiger partial charge in [0.25, 0.3) is 0 Å². The van der Waals surface area contributed by atoms with Gasteiger partial charge in [-0.15, -0.1) is 0 Å². The molecule has 25 heavy (non-hydrogen) atoms. The Labute approximate surface area is 149 Å². The van der Waals surface area contributed by atoms with Gasteiger partial charge in [-0.25, -0.2) is 4.57 Å². The fourth-order valence-electron chi connectivity index (χ4n) is 2.41. The zero-order chi connectivity index (χ0) is 18.5. The first kappa shape index (κ1) is 19.9. The highest BCUT2D eigenvalue weighted by Crippen LogP contribution is 2.62. The summed E-state index contributed by atoms with van der Waals surface area (Å²) in [5, 5.41) is 0.260. The Balaban J connectivity index is 0.00000109. The third-order valence-electron chi connectivity index (χ3n) is 3.74. The van der Waals surface area contributed by atoms with Gasteiger partial charge in [-0.2, -0.15) is 0 Å². The molecule has 0 aliphatic carbocycles. The van der Waals surface area contributed by atoms with E-state index in [1.165, 1.54) is 0 Å². The number of fused-ring (bicyclic) bond motifs is 1. The van der Waals surface area contributed by atoms with E-state index in [0.29, 0.717) is 5.75 Å². The van der Waals surface area contributed by atoms with Crippen molar-refractivity contribution >= 4 is 20.3 Å². The van der Waals surface area contributed by atoms with Gasteiger partial charge in [0.15, 0.2) is 0 Å². The Morgan fingerprint density at radius 2 is 1.76 bits per heavy atom. The molecule has 7 heteroatoms. The van der Waals surface area contributed by atoms with E-state index in [1.54, 1.807) is 42.5 Å². The molecule has 0 fully saturated rings. The molecule has 2 aromatic carbocycles. The van der Waals surface area contributed by atoms with Crippen LogP contribution in [0.4, 0.5) is 0 Å². The van der Waals surface area contributed by atoms with Crippen LogP contribution in [-0.4, -0.2) is 10.8 Å². The Morgan fingerprint density at radius 1 is 1.12 bits per heavy atom. The molecule has 136 valence electrons. The summed E-state index contributed by atoms with van der Waals surface area (Å²) in [6, 6.07) is 13.9. The smallest absolute Gasteiger partial charge is 0.389 e. The van der Waals surface area contributed by atoms with Gasteiger partial charge < -0.3 is 9.42 Å². The summed E-state index contributed by atoms with van der Waals surface area (Å²) in [5.41, 5.74) is 1.85. The third kappa shape index (κ3) is 4.83. The molecule has 3 rings (SSSR count). The minimum Gasteiger partial charge on any atom is -0.424 e. The molecule has 5 nitrogen and oxygen atoms in total. The maximum atomic E-state index is 12.7. The lowest BCUT2D eigenvalue weighted by Crippen LogP contribution is -2.14. The molecule has 0 radical (unpaired) electrons. The normalized spacial score (nSPS) is 21.1. The average Bonchev–Trinajstić information content (AvgIpc) is 2.62. The minimum atomic E-state index is -3.83. The van der Waals surface area contributed by atoms with Gasteiger partial charge in [0.05, 0.1) is 6.61 Å². The van der Waals surface area contributed by atoms with Crippen LogP contribution in [0.3, 0.4) is 0 Å². The van der Waals surface area contributed by atoms with E-state index in [0.717, 1.165) is 17.5 Å². The molecule has 2 unspecified atom stereocenters. The monoisotopic (exact) mass is 382 g/mol. The first-order valence-corrected chi connectivity index (χ1v) is 11.9. The van der Waals surface area contributed by atoms with Gasteiger partial charge in [-0.1, -0.05) is 51.1 Å². The van der Waals surface area contributed by atoms with Crippen LogP contribution >= 0.6 is 15.0 Å². The predicted octanol–water partition coefficient (Wildman–Crippen LogP) is 4.93. The molecule has 0 spiro atoms. The fourth-order valence-corrected chi connectivity index (χ4v) is 6.98. The zero-order valence-corrected chi connectivity index (χ0v) is 16.5. The van der Waals surface area contributed by atoms with Gasteiger partial charge in [0, 0.05) is 10.9 Å². The Kier molecular flexibility index (Phi) is 6.65. The molecular formula is C18H24O5P2. The van der Waals surface area contributed by atoms with Crippen LogP contribution in [0.5, 0.6) is 5.75 Å². The Hall–Kier alpha value is -1.38. The second-order valence-electron chi connectivity index (χ2n) is 5.45. The van der Waals surface area contributed by atoms with Crippen molar-refractivity contribution in [3.8, 4) is 5.75 Å². The largest absolute Gasteiger partial charge is 0.424 e.